The summed E-state index contributed by atoms with van der Waals surface area (Å²) in [5.41, 5.74) is 1.49. The molecule has 0 aliphatic carbocycles. The summed E-state index contributed by atoms with van der Waals surface area (Å²) in [6.07, 6.45) is 1.70. The van der Waals surface area contributed by atoms with Crippen LogP contribution in [0.5, 0.6) is 11.5 Å². The van der Waals surface area contributed by atoms with Gasteiger partial charge in [-0.05, 0) is 60.7 Å². The molecule has 3 aromatic rings. The van der Waals surface area contributed by atoms with Gasteiger partial charge in [0.2, 0.25) is 0 Å². The summed E-state index contributed by atoms with van der Waals surface area (Å²) in [5.74, 6) is 1.51. The molecule has 0 unspecified atom stereocenters. The van der Waals surface area contributed by atoms with Gasteiger partial charge < -0.3 is 14.4 Å². The number of amides is 3. The van der Waals surface area contributed by atoms with E-state index in [0.29, 0.717) is 43.5 Å². The molecular formula is C27H28N2O4. The molecule has 4 rings (SSSR count). The molecule has 6 heteroatoms. The van der Waals surface area contributed by atoms with E-state index < -0.39 is 5.91 Å². The van der Waals surface area contributed by atoms with Crippen molar-refractivity contribution in [3.8, 4) is 11.5 Å². The highest BCUT2D eigenvalue weighted by Gasteiger charge is 2.24. The van der Waals surface area contributed by atoms with Gasteiger partial charge in [0.15, 0.2) is 0 Å². The van der Waals surface area contributed by atoms with E-state index in [-0.39, 0.29) is 6.03 Å². The summed E-state index contributed by atoms with van der Waals surface area (Å²) in [7, 11) is 0. The molecular weight excluding hydrogens is 416 g/mol. The van der Waals surface area contributed by atoms with Gasteiger partial charge >= 0.3 is 6.03 Å². The maximum Gasteiger partial charge on any atom is 0.324 e. The lowest BCUT2D eigenvalue weighted by molar-refractivity contribution is 0.0939. The van der Waals surface area contributed by atoms with Crippen molar-refractivity contribution in [3.63, 3.8) is 0 Å². The highest BCUT2D eigenvalue weighted by atomic mass is 16.5. The Bertz CT molecular complexity index is 1030. The Hall–Kier alpha value is -3.80. The smallest absolute Gasteiger partial charge is 0.324 e. The molecule has 3 amide bonds. The third kappa shape index (κ3) is 6.59. The number of carbonyl (C=O) groups is 2. The number of nitrogens with zero attached hydrogens (tertiary/aromatic N) is 1. The van der Waals surface area contributed by atoms with E-state index in [1.165, 1.54) is 0 Å². The van der Waals surface area contributed by atoms with Gasteiger partial charge in [-0.25, -0.2) is 4.79 Å². The van der Waals surface area contributed by atoms with E-state index in [1.54, 1.807) is 29.2 Å². The lowest BCUT2D eigenvalue weighted by Gasteiger charge is -2.31. The molecule has 0 saturated carbocycles. The van der Waals surface area contributed by atoms with E-state index >= 15 is 0 Å². The lowest BCUT2D eigenvalue weighted by atomic mass is 9.98. The maximum absolute atomic E-state index is 12.5. The van der Waals surface area contributed by atoms with Crippen molar-refractivity contribution in [1.82, 2.24) is 10.2 Å². The number of piperidine rings is 1. The minimum Gasteiger partial charge on any atom is -0.493 e. The molecule has 0 bridgehead atoms. The van der Waals surface area contributed by atoms with Gasteiger partial charge in [0.05, 0.1) is 6.61 Å². The van der Waals surface area contributed by atoms with E-state index in [2.05, 4.69) is 5.32 Å². The summed E-state index contributed by atoms with van der Waals surface area (Å²) in [4.78, 5) is 26.7. The van der Waals surface area contributed by atoms with Gasteiger partial charge in [-0.15, -0.1) is 0 Å². The summed E-state index contributed by atoms with van der Waals surface area (Å²) in [6, 6.07) is 26.1. The fourth-order valence-corrected chi connectivity index (χ4v) is 3.73. The van der Waals surface area contributed by atoms with Crippen LogP contribution in [0.25, 0.3) is 0 Å². The molecule has 0 aromatic heterocycles. The largest absolute Gasteiger partial charge is 0.493 e. The van der Waals surface area contributed by atoms with Crippen LogP contribution in [0.2, 0.25) is 0 Å². The number of hydrogen-bond acceptors (Lipinski definition) is 4. The molecule has 0 spiro atoms. The quantitative estimate of drug-likeness (QED) is 0.563. The Morgan fingerprint density at radius 3 is 2.06 bits per heavy atom. The SMILES string of the molecule is O=C(NC(=O)N1CCC(COc2ccccc2)CC1)c1ccc(OCc2ccccc2)cc1. The van der Waals surface area contributed by atoms with E-state index in [1.807, 2.05) is 60.7 Å². The number of benzene rings is 3. The number of para-hydroxylation sites is 1. The molecule has 1 fully saturated rings. The zero-order valence-electron chi connectivity index (χ0n) is 18.5. The van der Waals surface area contributed by atoms with Gasteiger partial charge in [-0.2, -0.15) is 0 Å². The topological polar surface area (TPSA) is 67.9 Å². The standard InChI is InChI=1S/C27H28N2O4/c30-26(23-11-13-25(14-12-23)33-19-21-7-3-1-4-8-21)28-27(31)29-17-15-22(16-18-29)20-32-24-9-5-2-6-10-24/h1-14,22H,15-20H2,(H,28,30,31). The molecule has 6 nitrogen and oxygen atoms in total. The summed E-state index contributed by atoms with van der Waals surface area (Å²) >= 11 is 0. The third-order valence-electron chi connectivity index (χ3n) is 5.72. The highest BCUT2D eigenvalue weighted by molar-refractivity contribution is 6.04. The molecule has 3 aromatic carbocycles. The molecule has 0 atom stereocenters. The average molecular weight is 445 g/mol. The summed E-state index contributed by atoms with van der Waals surface area (Å²) in [6.45, 7) is 2.30. The van der Waals surface area contributed by atoms with Crippen molar-refractivity contribution >= 4 is 11.9 Å². The number of likely N-dealkylation sites (tertiary alicyclic amines) is 1. The average Bonchev–Trinajstić information content (AvgIpc) is 2.88. The molecule has 1 heterocycles. The number of rotatable bonds is 7. The normalized spacial score (nSPS) is 13.9. The van der Waals surface area contributed by atoms with Crippen LogP contribution in [0.1, 0.15) is 28.8 Å². The van der Waals surface area contributed by atoms with E-state index in [4.69, 9.17) is 9.47 Å². The van der Waals surface area contributed by atoms with Crippen LogP contribution in [0.3, 0.4) is 0 Å². The zero-order chi connectivity index (χ0) is 22.9. The van der Waals surface area contributed by atoms with Crippen LogP contribution in [-0.4, -0.2) is 36.5 Å². The van der Waals surface area contributed by atoms with Crippen LogP contribution in [-0.2, 0) is 6.61 Å². The zero-order valence-corrected chi connectivity index (χ0v) is 18.5. The number of nitrogens with one attached hydrogen (secondary N) is 1. The first-order valence-electron chi connectivity index (χ1n) is 11.2. The van der Waals surface area contributed by atoms with Gasteiger partial charge in [0.25, 0.3) is 5.91 Å². The molecule has 1 saturated heterocycles. The Morgan fingerprint density at radius 1 is 0.788 bits per heavy atom. The Labute approximate surface area is 194 Å². The van der Waals surface area contributed by atoms with Gasteiger partial charge in [-0.3, -0.25) is 10.1 Å². The Balaban J connectivity index is 1.19. The predicted octanol–water partition coefficient (Wildman–Crippen LogP) is 4.91. The first-order valence-corrected chi connectivity index (χ1v) is 11.2. The van der Waals surface area contributed by atoms with Crippen molar-refractivity contribution in [2.45, 2.75) is 19.4 Å². The fourth-order valence-electron chi connectivity index (χ4n) is 3.73. The molecule has 1 N–H and O–H groups in total. The first kappa shape index (κ1) is 22.4. The van der Waals surface area contributed by atoms with Crippen LogP contribution < -0.4 is 14.8 Å². The number of hydrogen-bond donors (Lipinski definition) is 1. The lowest BCUT2D eigenvalue weighted by Crippen LogP contribution is -2.47. The first-order chi connectivity index (χ1) is 16.2. The van der Waals surface area contributed by atoms with Crippen LogP contribution >= 0.6 is 0 Å². The number of carbonyl (C=O) groups excluding carboxylic acids is 2. The Morgan fingerprint density at radius 2 is 1.39 bits per heavy atom. The van der Waals surface area contributed by atoms with E-state index in [9.17, 15) is 9.59 Å². The van der Waals surface area contributed by atoms with Crippen molar-refractivity contribution in [2.75, 3.05) is 19.7 Å². The summed E-state index contributed by atoms with van der Waals surface area (Å²) in [5, 5.41) is 2.49. The van der Waals surface area contributed by atoms with Gasteiger partial charge in [0, 0.05) is 18.7 Å². The molecule has 0 radical (unpaired) electrons. The van der Waals surface area contributed by atoms with Crippen molar-refractivity contribution in [3.05, 3.63) is 96.1 Å². The molecule has 1 aliphatic heterocycles. The second-order valence-corrected chi connectivity index (χ2v) is 8.11. The van der Waals surface area contributed by atoms with Crippen LogP contribution in [0, 0.1) is 5.92 Å². The van der Waals surface area contributed by atoms with Crippen LogP contribution in [0.15, 0.2) is 84.9 Å². The second kappa shape index (κ2) is 11.2. The van der Waals surface area contributed by atoms with Gasteiger partial charge in [-0.1, -0.05) is 48.5 Å². The van der Waals surface area contributed by atoms with Crippen molar-refractivity contribution < 1.29 is 19.1 Å². The third-order valence-corrected chi connectivity index (χ3v) is 5.72. The minimum absolute atomic E-state index is 0.355. The minimum atomic E-state index is -0.413. The predicted molar refractivity (Wildman–Crippen MR) is 126 cm³/mol. The number of urea groups is 1. The molecule has 170 valence electrons. The molecule has 33 heavy (non-hydrogen) atoms. The number of ether oxygens (including phenoxy) is 2. The van der Waals surface area contributed by atoms with Gasteiger partial charge in [0.1, 0.15) is 18.1 Å². The van der Waals surface area contributed by atoms with Crippen molar-refractivity contribution in [2.24, 2.45) is 5.92 Å². The number of imide groups is 1. The fraction of sp³-hybridized carbons (Fsp3) is 0.259. The summed E-state index contributed by atoms with van der Waals surface area (Å²) < 4.78 is 11.6. The van der Waals surface area contributed by atoms with E-state index in [0.717, 1.165) is 24.2 Å². The monoisotopic (exact) mass is 444 g/mol. The molecule has 1 aliphatic rings. The van der Waals surface area contributed by atoms with Crippen molar-refractivity contribution in [1.29, 1.82) is 0 Å². The maximum atomic E-state index is 12.5. The highest BCUT2D eigenvalue weighted by Crippen LogP contribution is 2.20. The second-order valence-electron chi connectivity index (χ2n) is 8.11. The Kier molecular flexibility index (Phi) is 7.59. The van der Waals surface area contributed by atoms with Crippen LogP contribution in [0.4, 0.5) is 4.79 Å².